The maximum atomic E-state index is 6.34. The molecule has 1 aliphatic heterocycles. The molecule has 1 unspecified atom stereocenters. The molecule has 0 saturated heterocycles. The van der Waals surface area contributed by atoms with E-state index in [0.29, 0.717) is 22.5 Å². The van der Waals surface area contributed by atoms with Gasteiger partial charge in [0.05, 0.1) is 18.3 Å². The van der Waals surface area contributed by atoms with E-state index in [4.69, 9.17) is 28.9 Å². The molecule has 1 atom stereocenters. The van der Waals surface area contributed by atoms with E-state index in [9.17, 15) is 0 Å². The fourth-order valence-corrected chi connectivity index (χ4v) is 3.61. The third-order valence-corrected chi connectivity index (χ3v) is 4.76. The maximum Gasteiger partial charge on any atom is 0.196 e. The molecule has 3 rings (SSSR count). The predicted octanol–water partition coefficient (Wildman–Crippen LogP) is 4.63. The molecule has 0 amide bonds. The molecule has 1 heterocycles. The second-order valence-electron chi connectivity index (χ2n) is 4.67. The van der Waals surface area contributed by atoms with Gasteiger partial charge in [-0.25, -0.2) is 0 Å². The summed E-state index contributed by atoms with van der Waals surface area (Å²) in [5.41, 5.74) is 7.87. The van der Waals surface area contributed by atoms with Gasteiger partial charge < -0.3 is 10.6 Å². The van der Waals surface area contributed by atoms with Crippen LogP contribution in [0.2, 0.25) is 10.0 Å². The Morgan fingerprint density at radius 3 is 2.43 bits per heavy atom. The summed E-state index contributed by atoms with van der Waals surface area (Å²) in [6, 6.07) is 13.2. The average Bonchev–Trinajstić information content (AvgIpc) is 2.81. The molecule has 0 radical (unpaired) electrons. The van der Waals surface area contributed by atoms with Crippen LogP contribution in [0.15, 0.2) is 51.9 Å². The van der Waals surface area contributed by atoms with Gasteiger partial charge in [0.1, 0.15) is 0 Å². The minimum Gasteiger partial charge on any atom is -0.369 e. The minimum absolute atomic E-state index is 0.107. The Hall–Kier alpha value is -1.23. The lowest BCUT2D eigenvalue weighted by molar-refractivity contribution is 0.768. The van der Waals surface area contributed by atoms with Gasteiger partial charge in [0.15, 0.2) is 5.96 Å². The van der Waals surface area contributed by atoms with Crippen molar-refractivity contribution in [2.45, 2.75) is 6.04 Å². The lowest BCUT2D eigenvalue weighted by Gasteiger charge is -2.28. The van der Waals surface area contributed by atoms with Crippen molar-refractivity contribution < 1.29 is 0 Å². The summed E-state index contributed by atoms with van der Waals surface area (Å²) >= 11 is 16.2. The van der Waals surface area contributed by atoms with Crippen molar-refractivity contribution in [1.82, 2.24) is 0 Å². The minimum atomic E-state index is -0.107. The largest absolute Gasteiger partial charge is 0.369 e. The first-order valence-electron chi connectivity index (χ1n) is 6.37. The average molecular weight is 385 g/mol. The Labute approximate surface area is 141 Å². The van der Waals surface area contributed by atoms with E-state index in [2.05, 4.69) is 20.9 Å². The van der Waals surface area contributed by atoms with Crippen LogP contribution in [-0.4, -0.2) is 12.5 Å². The predicted molar refractivity (Wildman–Crippen MR) is 92.3 cm³/mol. The number of anilines is 1. The molecule has 0 spiro atoms. The molecular formula is C15H12BrCl2N3. The second kappa shape index (κ2) is 5.87. The van der Waals surface area contributed by atoms with E-state index in [1.165, 1.54) is 0 Å². The first-order valence-corrected chi connectivity index (χ1v) is 7.92. The van der Waals surface area contributed by atoms with Gasteiger partial charge in [0, 0.05) is 20.1 Å². The van der Waals surface area contributed by atoms with E-state index < -0.39 is 0 Å². The zero-order valence-corrected chi connectivity index (χ0v) is 14.0. The summed E-state index contributed by atoms with van der Waals surface area (Å²) in [7, 11) is 0. The highest BCUT2D eigenvalue weighted by atomic mass is 79.9. The van der Waals surface area contributed by atoms with Crippen LogP contribution in [0, 0.1) is 0 Å². The van der Waals surface area contributed by atoms with Crippen LogP contribution in [0.25, 0.3) is 0 Å². The Balaban J connectivity index is 2.10. The molecule has 0 saturated carbocycles. The molecule has 2 aromatic rings. The smallest absolute Gasteiger partial charge is 0.196 e. The van der Waals surface area contributed by atoms with Crippen molar-refractivity contribution >= 4 is 50.8 Å². The number of para-hydroxylation sites is 1. The highest BCUT2D eigenvalue weighted by Crippen LogP contribution is 2.40. The molecule has 6 heteroatoms. The summed E-state index contributed by atoms with van der Waals surface area (Å²) in [6.45, 7) is 0.524. The van der Waals surface area contributed by atoms with Crippen molar-refractivity contribution in [1.29, 1.82) is 0 Å². The van der Waals surface area contributed by atoms with E-state index in [-0.39, 0.29) is 6.04 Å². The van der Waals surface area contributed by atoms with Crippen molar-refractivity contribution in [3.63, 3.8) is 0 Å². The SMILES string of the molecule is NC1=NCC(c2c(Cl)cccc2Cl)N1c1ccccc1Br. The van der Waals surface area contributed by atoms with E-state index in [1.54, 1.807) is 0 Å². The number of nitrogens with zero attached hydrogens (tertiary/aromatic N) is 2. The number of halogens is 3. The first kappa shape index (κ1) is 14.7. The van der Waals surface area contributed by atoms with E-state index in [0.717, 1.165) is 15.7 Å². The summed E-state index contributed by atoms with van der Waals surface area (Å²) in [6.07, 6.45) is 0. The molecule has 2 N–H and O–H groups in total. The number of benzene rings is 2. The fourth-order valence-electron chi connectivity index (χ4n) is 2.49. The fraction of sp³-hybridized carbons (Fsp3) is 0.133. The van der Waals surface area contributed by atoms with Crippen LogP contribution in [0.4, 0.5) is 5.69 Å². The molecule has 108 valence electrons. The van der Waals surface area contributed by atoms with Crippen LogP contribution >= 0.6 is 39.1 Å². The van der Waals surface area contributed by atoms with Gasteiger partial charge in [-0.15, -0.1) is 0 Å². The molecule has 21 heavy (non-hydrogen) atoms. The molecule has 3 nitrogen and oxygen atoms in total. The van der Waals surface area contributed by atoms with E-state index >= 15 is 0 Å². The van der Waals surface area contributed by atoms with E-state index in [1.807, 2.05) is 47.4 Å². The topological polar surface area (TPSA) is 41.6 Å². The molecule has 0 bridgehead atoms. The Morgan fingerprint density at radius 1 is 1.10 bits per heavy atom. The number of nitrogens with two attached hydrogens (primary N) is 1. The van der Waals surface area contributed by atoms with Gasteiger partial charge in [-0.1, -0.05) is 41.4 Å². The van der Waals surface area contributed by atoms with Gasteiger partial charge in [-0.05, 0) is 40.2 Å². The number of aliphatic imine (C=N–C) groups is 1. The zero-order chi connectivity index (χ0) is 15.0. The second-order valence-corrected chi connectivity index (χ2v) is 6.34. The Kier molecular flexibility index (Phi) is 4.11. The molecule has 1 aliphatic rings. The normalized spacial score (nSPS) is 18.0. The van der Waals surface area contributed by atoms with Gasteiger partial charge in [0.25, 0.3) is 0 Å². The van der Waals surface area contributed by atoms with Crippen LogP contribution in [0.1, 0.15) is 11.6 Å². The highest BCUT2D eigenvalue weighted by molar-refractivity contribution is 9.10. The molecule has 0 aliphatic carbocycles. The summed E-state index contributed by atoms with van der Waals surface area (Å²) in [5.74, 6) is 0.461. The Morgan fingerprint density at radius 2 is 1.76 bits per heavy atom. The number of rotatable bonds is 2. The molecule has 2 aromatic carbocycles. The van der Waals surface area contributed by atoms with Gasteiger partial charge in [-0.3, -0.25) is 4.99 Å². The quantitative estimate of drug-likeness (QED) is 0.819. The van der Waals surface area contributed by atoms with Gasteiger partial charge >= 0.3 is 0 Å². The van der Waals surface area contributed by atoms with Crippen molar-refractivity contribution in [3.05, 3.63) is 62.5 Å². The van der Waals surface area contributed by atoms with Crippen LogP contribution in [0.3, 0.4) is 0 Å². The monoisotopic (exact) mass is 383 g/mol. The number of hydrogen-bond donors (Lipinski definition) is 1. The summed E-state index contributed by atoms with van der Waals surface area (Å²) < 4.78 is 0.943. The standard InChI is InChI=1S/C15H12BrCl2N3/c16-9-4-1-2-7-12(9)21-13(8-20-15(21)19)14-10(17)5-3-6-11(14)18/h1-7,13H,8H2,(H2,19,20). The highest BCUT2D eigenvalue weighted by Gasteiger charge is 2.32. The molecule has 0 aromatic heterocycles. The summed E-state index contributed by atoms with van der Waals surface area (Å²) in [4.78, 5) is 6.31. The molecular weight excluding hydrogens is 373 g/mol. The van der Waals surface area contributed by atoms with Gasteiger partial charge in [-0.2, -0.15) is 0 Å². The van der Waals surface area contributed by atoms with Crippen LogP contribution < -0.4 is 10.6 Å². The number of hydrogen-bond acceptors (Lipinski definition) is 3. The third kappa shape index (κ3) is 2.63. The lowest BCUT2D eigenvalue weighted by Crippen LogP contribution is -2.36. The van der Waals surface area contributed by atoms with Gasteiger partial charge in [0.2, 0.25) is 0 Å². The first-order chi connectivity index (χ1) is 10.1. The Bertz CT molecular complexity index is 698. The lowest BCUT2D eigenvalue weighted by atomic mass is 10.1. The molecule has 0 fully saturated rings. The van der Waals surface area contributed by atoms with Crippen molar-refractivity contribution in [2.75, 3.05) is 11.4 Å². The van der Waals surface area contributed by atoms with Crippen LogP contribution in [-0.2, 0) is 0 Å². The van der Waals surface area contributed by atoms with Crippen molar-refractivity contribution in [2.24, 2.45) is 10.7 Å². The van der Waals surface area contributed by atoms with Crippen LogP contribution in [0.5, 0.6) is 0 Å². The zero-order valence-electron chi connectivity index (χ0n) is 10.9. The van der Waals surface area contributed by atoms with Crippen molar-refractivity contribution in [3.8, 4) is 0 Å². The summed E-state index contributed by atoms with van der Waals surface area (Å²) in [5, 5.41) is 1.24. The maximum absolute atomic E-state index is 6.34. The number of guanidine groups is 1. The third-order valence-electron chi connectivity index (χ3n) is 3.43.